The van der Waals surface area contributed by atoms with Crippen LogP contribution in [0.4, 0.5) is 10.1 Å². The molecule has 8 nitrogen and oxygen atoms in total. The summed E-state index contributed by atoms with van der Waals surface area (Å²) in [6, 6.07) is 4.33. The highest BCUT2D eigenvalue weighted by Crippen LogP contribution is 2.30. The van der Waals surface area contributed by atoms with Gasteiger partial charge in [-0.3, -0.25) is 14.4 Å². The van der Waals surface area contributed by atoms with Gasteiger partial charge in [-0.25, -0.2) is 9.18 Å². The van der Waals surface area contributed by atoms with Crippen LogP contribution in [0, 0.1) is 19.7 Å². The summed E-state index contributed by atoms with van der Waals surface area (Å²) in [6.07, 6.45) is 1.20. The molecule has 164 valence electrons. The predicted molar refractivity (Wildman–Crippen MR) is 111 cm³/mol. The maximum absolute atomic E-state index is 13.8. The lowest BCUT2D eigenvalue weighted by Crippen LogP contribution is -2.51. The van der Waals surface area contributed by atoms with Crippen LogP contribution in [0.5, 0.6) is 0 Å². The third-order valence-electron chi connectivity index (χ3n) is 5.45. The van der Waals surface area contributed by atoms with E-state index in [1.165, 1.54) is 19.9 Å². The number of aliphatic carboxylic acids is 1. The van der Waals surface area contributed by atoms with Gasteiger partial charge < -0.3 is 20.3 Å². The highest BCUT2D eigenvalue weighted by atomic mass is 19.1. The van der Waals surface area contributed by atoms with E-state index in [0.29, 0.717) is 36.2 Å². The average Bonchev–Trinajstić information content (AvgIpc) is 3.23. The quantitative estimate of drug-likeness (QED) is 0.482. The number of rotatable bonds is 6. The lowest BCUT2D eigenvalue weighted by atomic mass is 10.0. The number of aryl methyl sites for hydroxylation is 1. The number of anilines is 1. The van der Waals surface area contributed by atoms with E-state index in [4.69, 9.17) is 0 Å². The molecule has 2 heterocycles. The number of carboxylic acids is 1. The minimum atomic E-state index is -1.63. The van der Waals surface area contributed by atoms with Crippen molar-refractivity contribution in [3.63, 3.8) is 0 Å². The second kappa shape index (κ2) is 7.98. The second-order valence-corrected chi connectivity index (χ2v) is 8.18. The normalized spacial score (nSPS) is 12.9. The molecule has 0 spiro atoms. The summed E-state index contributed by atoms with van der Waals surface area (Å²) in [5, 5.41) is 14.1. The smallest absolute Gasteiger partial charge is 0.328 e. The van der Waals surface area contributed by atoms with Crippen molar-refractivity contribution in [1.82, 2.24) is 9.88 Å². The van der Waals surface area contributed by atoms with Crippen molar-refractivity contribution >= 4 is 29.3 Å². The van der Waals surface area contributed by atoms with E-state index in [1.807, 2.05) is 0 Å². The Balaban J connectivity index is 1.94. The van der Waals surface area contributed by atoms with E-state index in [1.54, 1.807) is 30.5 Å². The Kier molecular flexibility index (Phi) is 5.71. The number of benzene rings is 1. The largest absolute Gasteiger partial charge is 0.480 e. The monoisotopic (exact) mass is 429 g/mol. The Morgan fingerprint density at radius 2 is 1.84 bits per heavy atom. The SMILES string of the molecule is Cc1ccc(NC(=O)c2c(C)c(C(=O)C(=O)NC(C)(C)C(=O)O)c3n2CCC3)cc1F. The van der Waals surface area contributed by atoms with Gasteiger partial charge in [0.2, 0.25) is 0 Å². The van der Waals surface area contributed by atoms with E-state index in [9.17, 15) is 28.7 Å². The number of fused-ring (bicyclic) bond motifs is 1. The Hall–Kier alpha value is -3.49. The van der Waals surface area contributed by atoms with Crippen LogP contribution in [0.3, 0.4) is 0 Å². The standard InChI is InChI=1S/C22H24FN3O5/c1-11-7-8-13(10-14(11)23)24-19(28)17-12(2)16(15-6-5-9-26(15)17)18(27)20(29)25-22(3,4)21(30)31/h7-8,10H,5-6,9H2,1-4H3,(H,24,28)(H,25,29)(H,30,31). The molecule has 0 fully saturated rings. The van der Waals surface area contributed by atoms with E-state index in [-0.39, 0.29) is 16.9 Å². The van der Waals surface area contributed by atoms with Gasteiger partial charge in [0.25, 0.3) is 17.6 Å². The number of aromatic nitrogens is 1. The average molecular weight is 429 g/mol. The molecule has 9 heteroatoms. The summed E-state index contributed by atoms with van der Waals surface area (Å²) in [7, 11) is 0. The van der Waals surface area contributed by atoms with E-state index < -0.39 is 34.9 Å². The van der Waals surface area contributed by atoms with E-state index in [2.05, 4.69) is 10.6 Å². The molecule has 3 N–H and O–H groups in total. The number of ketones is 1. The summed E-state index contributed by atoms with van der Waals surface area (Å²) in [6.45, 7) is 6.23. The molecule has 2 amide bonds. The first kappa shape index (κ1) is 22.2. The van der Waals surface area contributed by atoms with Gasteiger partial charge in [0.15, 0.2) is 0 Å². The van der Waals surface area contributed by atoms with Crippen LogP contribution in [0.15, 0.2) is 18.2 Å². The van der Waals surface area contributed by atoms with Crippen molar-refractivity contribution in [1.29, 1.82) is 0 Å². The van der Waals surface area contributed by atoms with Crippen LogP contribution in [-0.2, 0) is 22.6 Å². The van der Waals surface area contributed by atoms with Crippen molar-refractivity contribution in [2.75, 3.05) is 5.32 Å². The zero-order chi connectivity index (χ0) is 23.1. The highest BCUT2D eigenvalue weighted by molar-refractivity contribution is 6.44. The molecule has 2 aromatic rings. The Labute approximate surface area is 178 Å². The van der Waals surface area contributed by atoms with Gasteiger partial charge in [-0.15, -0.1) is 0 Å². The number of hydrogen-bond acceptors (Lipinski definition) is 4. The van der Waals surface area contributed by atoms with Crippen LogP contribution >= 0.6 is 0 Å². The molecule has 1 aromatic heterocycles. The van der Waals surface area contributed by atoms with Crippen molar-refractivity contribution < 1.29 is 28.7 Å². The fourth-order valence-electron chi connectivity index (χ4n) is 3.68. The lowest BCUT2D eigenvalue weighted by molar-refractivity contribution is -0.145. The van der Waals surface area contributed by atoms with Gasteiger partial charge in [0, 0.05) is 17.9 Å². The molecule has 0 saturated heterocycles. The zero-order valence-corrected chi connectivity index (χ0v) is 17.8. The number of Topliss-reactive ketones (excluding diaryl/α,β-unsaturated/α-hetero) is 1. The summed E-state index contributed by atoms with van der Waals surface area (Å²) in [5.41, 5.74) is 0.313. The molecular formula is C22H24FN3O5. The molecule has 0 aliphatic carbocycles. The molecule has 1 aliphatic heterocycles. The number of carbonyl (C=O) groups excluding carboxylic acids is 3. The first-order chi connectivity index (χ1) is 14.4. The first-order valence-corrected chi connectivity index (χ1v) is 9.83. The Bertz CT molecular complexity index is 1120. The molecule has 0 bridgehead atoms. The van der Waals surface area contributed by atoms with Gasteiger partial charge in [0.05, 0.1) is 5.56 Å². The summed E-state index contributed by atoms with van der Waals surface area (Å²) >= 11 is 0. The minimum absolute atomic E-state index is 0.108. The molecule has 1 aromatic carbocycles. The summed E-state index contributed by atoms with van der Waals surface area (Å²) in [4.78, 5) is 49.6. The minimum Gasteiger partial charge on any atom is -0.480 e. The van der Waals surface area contributed by atoms with Crippen molar-refractivity contribution in [2.24, 2.45) is 0 Å². The van der Waals surface area contributed by atoms with Gasteiger partial charge in [0.1, 0.15) is 17.1 Å². The second-order valence-electron chi connectivity index (χ2n) is 8.18. The third kappa shape index (κ3) is 4.08. The van der Waals surface area contributed by atoms with Crippen LogP contribution < -0.4 is 10.6 Å². The Morgan fingerprint density at radius 3 is 2.45 bits per heavy atom. The molecule has 0 atom stereocenters. The number of hydrogen-bond donors (Lipinski definition) is 3. The van der Waals surface area contributed by atoms with Crippen LogP contribution in [0.1, 0.15) is 57.9 Å². The summed E-state index contributed by atoms with van der Waals surface area (Å²) in [5.74, 6) is -4.20. The molecule has 31 heavy (non-hydrogen) atoms. The maximum Gasteiger partial charge on any atom is 0.328 e. The summed E-state index contributed by atoms with van der Waals surface area (Å²) < 4.78 is 15.5. The number of nitrogens with zero attached hydrogens (tertiary/aromatic N) is 1. The van der Waals surface area contributed by atoms with Crippen molar-refractivity contribution in [3.8, 4) is 0 Å². The van der Waals surface area contributed by atoms with Crippen molar-refractivity contribution in [2.45, 2.75) is 52.6 Å². The highest BCUT2D eigenvalue weighted by Gasteiger charge is 2.36. The molecule has 0 saturated carbocycles. The number of nitrogens with one attached hydrogen (secondary N) is 2. The van der Waals surface area contributed by atoms with Gasteiger partial charge in [-0.2, -0.15) is 0 Å². The van der Waals surface area contributed by atoms with Crippen LogP contribution in [0.25, 0.3) is 0 Å². The van der Waals surface area contributed by atoms with Crippen LogP contribution in [-0.4, -0.2) is 38.8 Å². The van der Waals surface area contributed by atoms with Crippen molar-refractivity contribution in [3.05, 3.63) is 52.1 Å². The molecular weight excluding hydrogens is 405 g/mol. The number of amides is 2. The van der Waals surface area contributed by atoms with Gasteiger partial charge >= 0.3 is 5.97 Å². The topological polar surface area (TPSA) is 118 Å². The predicted octanol–water partition coefficient (Wildman–Crippen LogP) is 2.60. The van der Waals surface area contributed by atoms with Gasteiger partial charge in [-0.1, -0.05) is 6.07 Å². The molecule has 0 unspecified atom stereocenters. The van der Waals surface area contributed by atoms with Gasteiger partial charge in [-0.05, 0) is 63.8 Å². The molecule has 0 radical (unpaired) electrons. The first-order valence-electron chi connectivity index (χ1n) is 9.83. The number of halogens is 1. The fourth-order valence-corrected chi connectivity index (χ4v) is 3.68. The number of carboxylic acid groups (broad SMARTS) is 1. The third-order valence-corrected chi connectivity index (χ3v) is 5.45. The Morgan fingerprint density at radius 1 is 1.16 bits per heavy atom. The fraction of sp³-hybridized carbons (Fsp3) is 0.364. The maximum atomic E-state index is 13.8. The molecule has 1 aliphatic rings. The zero-order valence-electron chi connectivity index (χ0n) is 17.8. The lowest BCUT2D eigenvalue weighted by Gasteiger charge is -2.20. The van der Waals surface area contributed by atoms with E-state index >= 15 is 0 Å². The van der Waals surface area contributed by atoms with Crippen LogP contribution in [0.2, 0.25) is 0 Å². The van der Waals surface area contributed by atoms with E-state index in [0.717, 1.165) is 0 Å². The molecule has 3 rings (SSSR count). The number of carbonyl (C=O) groups is 4.